The van der Waals surface area contributed by atoms with Crippen molar-refractivity contribution in [1.29, 1.82) is 0 Å². The summed E-state index contributed by atoms with van der Waals surface area (Å²) < 4.78 is 2.18. The lowest BCUT2D eigenvalue weighted by Gasteiger charge is -2.14. The first-order valence-corrected chi connectivity index (χ1v) is 6.09. The minimum absolute atomic E-state index is 0.477. The lowest BCUT2D eigenvalue weighted by atomic mass is 10.0. The fourth-order valence-electron chi connectivity index (χ4n) is 2.42. The van der Waals surface area contributed by atoms with E-state index in [1.165, 1.54) is 24.2 Å². The molecule has 3 rings (SSSR count). The maximum absolute atomic E-state index is 5.62. The molecule has 0 bridgehead atoms. The van der Waals surface area contributed by atoms with Crippen LogP contribution in [0.15, 0.2) is 24.7 Å². The third-order valence-electron chi connectivity index (χ3n) is 3.32. The number of nitrogens with zero attached hydrogens (tertiary/aromatic N) is 3. The van der Waals surface area contributed by atoms with E-state index in [4.69, 9.17) is 5.73 Å². The van der Waals surface area contributed by atoms with Crippen LogP contribution in [0.25, 0.3) is 5.69 Å². The maximum Gasteiger partial charge on any atom is 0.0997 e. The van der Waals surface area contributed by atoms with E-state index < -0.39 is 0 Å². The van der Waals surface area contributed by atoms with Crippen LogP contribution in [-0.2, 0) is 19.4 Å². The Bertz CT molecular complexity index is 530. The average molecular weight is 228 g/mol. The summed E-state index contributed by atoms with van der Waals surface area (Å²) in [6.07, 6.45) is 8.48. The van der Waals surface area contributed by atoms with Crippen LogP contribution in [0.1, 0.15) is 29.9 Å². The molecule has 0 radical (unpaired) electrons. The molecule has 88 valence electrons. The number of hydrogen-bond acceptors (Lipinski definition) is 3. The summed E-state index contributed by atoms with van der Waals surface area (Å²) in [5, 5.41) is 0. The van der Waals surface area contributed by atoms with Crippen LogP contribution in [0.2, 0.25) is 0 Å². The monoisotopic (exact) mass is 228 g/mol. The second kappa shape index (κ2) is 4.30. The normalized spacial score (nSPS) is 14.6. The Hall–Kier alpha value is -1.68. The molecule has 0 aliphatic heterocycles. The molecule has 0 amide bonds. The molecule has 1 aliphatic rings. The molecule has 0 unspecified atom stereocenters. The van der Waals surface area contributed by atoms with Crippen molar-refractivity contribution in [3.63, 3.8) is 0 Å². The molecule has 4 heteroatoms. The Morgan fingerprint density at radius 2 is 2.12 bits per heavy atom. The van der Waals surface area contributed by atoms with Crippen molar-refractivity contribution in [2.75, 3.05) is 0 Å². The molecule has 0 atom stereocenters. The zero-order valence-electron chi connectivity index (χ0n) is 9.76. The zero-order valence-corrected chi connectivity index (χ0v) is 9.76. The van der Waals surface area contributed by atoms with Gasteiger partial charge in [0.2, 0.25) is 0 Å². The Balaban J connectivity index is 2.05. The van der Waals surface area contributed by atoms with Crippen molar-refractivity contribution in [2.24, 2.45) is 5.73 Å². The number of rotatable bonds is 2. The summed E-state index contributed by atoms with van der Waals surface area (Å²) in [5.41, 5.74) is 10.3. The van der Waals surface area contributed by atoms with Gasteiger partial charge in [-0.15, -0.1) is 0 Å². The number of hydrogen-bond donors (Lipinski definition) is 1. The Kier molecular flexibility index (Phi) is 2.65. The first-order valence-electron chi connectivity index (χ1n) is 6.09. The predicted molar refractivity (Wildman–Crippen MR) is 65.9 cm³/mol. The summed E-state index contributed by atoms with van der Waals surface area (Å²) in [6.45, 7) is 0.477. The van der Waals surface area contributed by atoms with Gasteiger partial charge in [-0.2, -0.15) is 0 Å². The second-order valence-electron chi connectivity index (χ2n) is 4.42. The lowest BCUT2D eigenvalue weighted by Crippen LogP contribution is -2.08. The molecule has 0 saturated heterocycles. The van der Waals surface area contributed by atoms with Gasteiger partial charge in [0.25, 0.3) is 0 Å². The molecule has 1 aliphatic carbocycles. The van der Waals surface area contributed by atoms with E-state index in [9.17, 15) is 0 Å². The van der Waals surface area contributed by atoms with Gasteiger partial charge in [0.05, 0.1) is 23.4 Å². The highest BCUT2D eigenvalue weighted by atomic mass is 15.1. The van der Waals surface area contributed by atoms with Crippen LogP contribution in [0.3, 0.4) is 0 Å². The van der Waals surface area contributed by atoms with Gasteiger partial charge in [0.1, 0.15) is 0 Å². The van der Waals surface area contributed by atoms with Crippen LogP contribution in [0.4, 0.5) is 0 Å². The highest BCUT2D eigenvalue weighted by Crippen LogP contribution is 2.23. The smallest absolute Gasteiger partial charge is 0.0997 e. The van der Waals surface area contributed by atoms with E-state index in [0.29, 0.717) is 6.54 Å². The Morgan fingerprint density at radius 1 is 1.24 bits per heavy atom. The lowest BCUT2D eigenvalue weighted by molar-refractivity contribution is 0.656. The number of aromatic nitrogens is 3. The van der Waals surface area contributed by atoms with Crippen molar-refractivity contribution in [1.82, 2.24) is 14.5 Å². The molecule has 17 heavy (non-hydrogen) atoms. The molecule has 0 fully saturated rings. The topological polar surface area (TPSA) is 56.7 Å². The highest BCUT2D eigenvalue weighted by molar-refractivity contribution is 5.36. The third-order valence-corrected chi connectivity index (χ3v) is 3.32. The van der Waals surface area contributed by atoms with Gasteiger partial charge in [-0.25, -0.2) is 4.98 Å². The zero-order chi connectivity index (χ0) is 11.7. The molecule has 2 N–H and O–H groups in total. The number of pyridine rings is 1. The number of fused-ring (bicyclic) bond motifs is 1. The number of imidazole rings is 1. The van der Waals surface area contributed by atoms with Crippen LogP contribution < -0.4 is 5.73 Å². The van der Waals surface area contributed by atoms with E-state index in [-0.39, 0.29) is 0 Å². The van der Waals surface area contributed by atoms with Crippen LogP contribution in [0.5, 0.6) is 0 Å². The number of nitrogens with two attached hydrogens (primary N) is 1. The van der Waals surface area contributed by atoms with Gasteiger partial charge >= 0.3 is 0 Å². The Morgan fingerprint density at radius 3 is 3.00 bits per heavy atom. The molecule has 2 aromatic rings. The van der Waals surface area contributed by atoms with Crippen LogP contribution in [-0.4, -0.2) is 14.5 Å². The summed E-state index contributed by atoms with van der Waals surface area (Å²) in [6, 6.07) is 4.05. The summed E-state index contributed by atoms with van der Waals surface area (Å²) in [7, 11) is 0. The maximum atomic E-state index is 5.62. The molecule has 0 saturated carbocycles. The molecule has 2 aromatic heterocycles. The van der Waals surface area contributed by atoms with E-state index in [0.717, 1.165) is 24.2 Å². The summed E-state index contributed by atoms with van der Waals surface area (Å²) in [4.78, 5) is 8.72. The van der Waals surface area contributed by atoms with E-state index >= 15 is 0 Å². The SMILES string of the molecule is NCc1cc(-n2cnc3c2CCCC3)ccn1. The van der Waals surface area contributed by atoms with Gasteiger partial charge < -0.3 is 10.3 Å². The molecular weight excluding hydrogens is 212 g/mol. The standard InChI is InChI=1S/C13H16N4/c14-8-10-7-11(5-6-15-10)17-9-16-12-3-1-2-4-13(12)17/h5-7,9H,1-4,8,14H2. The van der Waals surface area contributed by atoms with Crippen molar-refractivity contribution < 1.29 is 0 Å². The van der Waals surface area contributed by atoms with Gasteiger partial charge in [0, 0.05) is 18.4 Å². The number of aryl methyl sites for hydroxylation is 1. The third kappa shape index (κ3) is 1.85. The van der Waals surface area contributed by atoms with E-state index in [2.05, 4.69) is 14.5 Å². The van der Waals surface area contributed by atoms with E-state index in [1.807, 2.05) is 24.7 Å². The largest absolute Gasteiger partial charge is 0.325 e. The predicted octanol–water partition coefficient (Wildman–Crippen LogP) is 1.60. The van der Waals surface area contributed by atoms with Crippen molar-refractivity contribution in [3.05, 3.63) is 41.7 Å². The molecule has 2 heterocycles. The van der Waals surface area contributed by atoms with Gasteiger partial charge in [-0.05, 0) is 37.8 Å². The quantitative estimate of drug-likeness (QED) is 0.849. The van der Waals surface area contributed by atoms with Crippen LogP contribution >= 0.6 is 0 Å². The van der Waals surface area contributed by atoms with E-state index in [1.54, 1.807) is 0 Å². The summed E-state index contributed by atoms with van der Waals surface area (Å²) >= 11 is 0. The molecular formula is C13H16N4. The van der Waals surface area contributed by atoms with Crippen LogP contribution in [0, 0.1) is 0 Å². The minimum atomic E-state index is 0.477. The molecule has 0 spiro atoms. The second-order valence-corrected chi connectivity index (χ2v) is 4.42. The van der Waals surface area contributed by atoms with Crippen molar-refractivity contribution in [3.8, 4) is 5.69 Å². The van der Waals surface area contributed by atoms with Gasteiger partial charge in [-0.3, -0.25) is 4.98 Å². The van der Waals surface area contributed by atoms with Gasteiger partial charge in [-0.1, -0.05) is 0 Å². The highest BCUT2D eigenvalue weighted by Gasteiger charge is 2.15. The average Bonchev–Trinajstić information content (AvgIpc) is 2.82. The van der Waals surface area contributed by atoms with Crippen molar-refractivity contribution in [2.45, 2.75) is 32.2 Å². The first kappa shape index (κ1) is 10.5. The molecule has 0 aromatic carbocycles. The Labute approximate surface area is 101 Å². The minimum Gasteiger partial charge on any atom is -0.325 e. The fourth-order valence-corrected chi connectivity index (χ4v) is 2.42. The first-order chi connectivity index (χ1) is 8.38. The summed E-state index contributed by atoms with van der Waals surface area (Å²) in [5.74, 6) is 0. The van der Waals surface area contributed by atoms with Crippen molar-refractivity contribution >= 4 is 0 Å². The molecule has 4 nitrogen and oxygen atoms in total. The fraction of sp³-hybridized carbons (Fsp3) is 0.385. The van der Waals surface area contributed by atoms with Gasteiger partial charge in [0.15, 0.2) is 0 Å².